The smallest absolute Gasteiger partial charge is 0.414 e. The Kier molecular flexibility index (Phi) is 8.40. The maximum atomic E-state index is 13.6. The molecule has 0 aliphatic heterocycles. The molecule has 0 radical (unpaired) electrons. The first kappa shape index (κ1) is 25.5. The maximum Gasteiger partial charge on any atom is 0.414 e. The lowest BCUT2D eigenvalue weighted by Crippen LogP contribution is -2.35. The highest BCUT2D eigenvalue weighted by molar-refractivity contribution is 9.10. The van der Waals surface area contributed by atoms with Crippen LogP contribution in [-0.4, -0.2) is 38.7 Å². The molecular weight excluding hydrogens is 526 g/mol. The first-order valence-corrected chi connectivity index (χ1v) is 12.3. The van der Waals surface area contributed by atoms with Crippen molar-refractivity contribution in [3.63, 3.8) is 0 Å². The van der Waals surface area contributed by atoms with Gasteiger partial charge in [-0.1, -0.05) is 46.3 Å². The van der Waals surface area contributed by atoms with Crippen LogP contribution in [0, 0.1) is 0 Å². The van der Waals surface area contributed by atoms with E-state index in [1.807, 2.05) is 42.5 Å². The van der Waals surface area contributed by atoms with E-state index in [1.54, 1.807) is 44.4 Å². The van der Waals surface area contributed by atoms with Crippen LogP contribution in [-0.2, 0) is 16.1 Å². The summed E-state index contributed by atoms with van der Waals surface area (Å²) in [4.78, 5) is 27.9. The van der Waals surface area contributed by atoms with E-state index in [0.717, 1.165) is 10.0 Å². The Morgan fingerprint density at radius 1 is 1.00 bits per heavy atom. The number of benzene rings is 3. The third-order valence-corrected chi connectivity index (χ3v) is 5.97. The SMILES string of the molecule is CCOC(=O)N(CCOC)c1c(C(=O)c2ccc(OCc3ccccc3)cc2)oc2ccc(Br)cc12. The van der Waals surface area contributed by atoms with E-state index in [1.165, 1.54) is 4.90 Å². The minimum absolute atomic E-state index is 0.0465. The number of furan rings is 1. The quantitative estimate of drug-likeness (QED) is 0.206. The van der Waals surface area contributed by atoms with E-state index in [2.05, 4.69) is 15.9 Å². The van der Waals surface area contributed by atoms with Crippen LogP contribution in [0.3, 0.4) is 0 Å². The fourth-order valence-electron chi connectivity index (χ4n) is 3.73. The van der Waals surface area contributed by atoms with E-state index in [0.29, 0.717) is 34.6 Å². The Balaban J connectivity index is 1.67. The lowest BCUT2D eigenvalue weighted by Gasteiger charge is -2.21. The summed E-state index contributed by atoms with van der Waals surface area (Å²) in [5.41, 5.74) is 2.27. The van der Waals surface area contributed by atoms with Crippen molar-refractivity contribution < 1.29 is 28.2 Å². The summed E-state index contributed by atoms with van der Waals surface area (Å²) in [5.74, 6) is 0.321. The number of methoxy groups -OCH3 is 1. The third-order valence-electron chi connectivity index (χ3n) is 5.47. The molecule has 4 aromatic rings. The van der Waals surface area contributed by atoms with Crippen molar-refractivity contribution >= 4 is 44.5 Å². The molecule has 1 aromatic heterocycles. The maximum absolute atomic E-state index is 13.6. The topological polar surface area (TPSA) is 78.2 Å². The minimum Gasteiger partial charge on any atom is -0.489 e. The Morgan fingerprint density at radius 2 is 1.75 bits per heavy atom. The summed E-state index contributed by atoms with van der Waals surface area (Å²) in [6.45, 7) is 2.77. The number of amides is 1. The lowest BCUT2D eigenvalue weighted by atomic mass is 10.1. The lowest BCUT2D eigenvalue weighted by molar-refractivity contribution is 0.101. The molecular formula is C28H26BrNO6. The number of carbonyl (C=O) groups is 2. The van der Waals surface area contributed by atoms with E-state index >= 15 is 0 Å². The molecule has 186 valence electrons. The van der Waals surface area contributed by atoms with Gasteiger partial charge < -0.3 is 18.6 Å². The monoisotopic (exact) mass is 551 g/mol. The van der Waals surface area contributed by atoms with E-state index in [-0.39, 0.29) is 31.3 Å². The fourth-order valence-corrected chi connectivity index (χ4v) is 4.09. The molecule has 0 spiro atoms. The van der Waals surface area contributed by atoms with Crippen molar-refractivity contribution in [3.05, 3.63) is 94.2 Å². The second kappa shape index (κ2) is 11.9. The zero-order valence-corrected chi connectivity index (χ0v) is 21.6. The number of ether oxygens (including phenoxy) is 3. The molecule has 0 atom stereocenters. The molecule has 0 aliphatic carbocycles. The van der Waals surface area contributed by atoms with Gasteiger partial charge in [0.05, 0.1) is 19.8 Å². The average Bonchev–Trinajstić information content (AvgIpc) is 3.27. The van der Waals surface area contributed by atoms with Gasteiger partial charge >= 0.3 is 6.09 Å². The highest BCUT2D eigenvalue weighted by atomic mass is 79.9. The zero-order valence-electron chi connectivity index (χ0n) is 20.0. The molecule has 0 fully saturated rings. The molecule has 0 N–H and O–H groups in total. The first-order chi connectivity index (χ1) is 17.5. The van der Waals surface area contributed by atoms with Gasteiger partial charge in [0.2, 0.25) is 5.78 Å². The second-order valence-corrected chi connectivity index (χ2v) is 8.81. The number of fused-ring (bicyclic) bond motifs is 1. The molecule has 0 saturated carbocycles. The zero-order chi connectivity index (χ0) is 25.5. The molecule has 1 amide bonds. The van der Waals surface area contributed by atoms with Gasteiger partial charge in [0.15, 0.2) is 5.76 Å². The molecule has 0 saturated heterocycles. The number of anilines is 1. The van der Waals surface area contributed by atoms with Gasteiger partial charge in [-0.15, -0.1) is 0 Å². The molecule has 0 unspecified atom stereocenters. The van der Waals surface area contributed by atoms with Gasteiger partial charge in [-0.05, 0) is 55.0 Å². The normalized spacial score (nSPS) is 10.9. The van der Waals surface area contributed by atoms with E-state index in [4.69, 9.17) is 18.6 Å². The number of carbonyl (C=O) groups excluding carboxylic acids is 2. The molecule has 7 nitrogen and oxygen atoms in total. The van der Waals surface area contributed by atoms with Crippen LogP contribution in [0.25, 0.3) is 11.0 Å². The fraction of sp³-hybridized carbons (Fsp3) is 0.214. The van der Waals surface area contributed by atoms with Gasteiger partial charge in [0, 0.05) is 22.5 Å². The minimum atomic E-state index is -0.587. The van der Waals surface area contributed by atoms with Crippen LogP contribution < -0.4 is 9.64 Å². The molecule has 3 aromatic carbocycles. The number of ketones is 1. The summed E-state index contributed by atoms with van der Waals surface area (Å²) in [5, 5.41) is 0.611. The highest BCUT2D eigenvalue weighted by Gasteiger charge is 2.30. The molecule has 1 heterocycles. The van der Waals surface area contributed by atoms with Gasteiger partial charge in [-0.3, -0.25) is 9.69 Å². The van der Waals surface area contributed by atoms with Gasteiger partial charge in [0.25, 0.3) is 0 Å². The third kappa shape index (κ3) is 5.78. The van der Waals surface area contributed by atoms with Crippen LogP contribution in [0.15, 0.2) is 81.7 Å². The van der Waals surface area contributed by atoms with Crippen LogP contribution in [0.5, 0.6) is 5.75 Å². The number of hydrogen-bond donors (Lipinski definition) is 0. The van der Waals surface area contributed by atoms with Crippen molar-refractivity contribution in [3.8, 4) is 5.75 Å². The number of halogens is 1. The van der Waals surface area contributed by atoms with Crippen LogP contribution in [0.1, 0.15) is 28.6 Å². The molecule has 0 bridgehead atoms. The summed E-state index contributed by atoms with van der Waals surface area (Å²) in [7, 11) is 1.54. The molecule has 0 aliphatic rings. The summed E-state index contributed by atoms with van der Waals surface area (Å²) in [6, 6.07) is 22.0. The van der Waals surface area contributed by atoms with Crippen LogP contribution in [0.4, 0.5) is 10.5 Å². The standard InChI is InChI=1S/C28H26BrNO6/c1-3-34-28(32)30(15-16-33-2)25-23-17-21(29)11-14-24(23)36-27(25)26(31)20-9-12-22(13-10-20)35-18-19-7-5-4-6-8-19/h4-14,17H,3,15-16,18H2,1-2H3. The highest BCUT2D eigenvalue weighted by Crippen LogP contribution is 2.37. The Hall–Kier alpha value is -3.62. The van der Waals surface area contributed by atoms with Gasteiger partial charge in [0.1, 0.15) is 23.6 Å². The summed E-state index contributed by atoms with van der Waals surface area (Å²) < 4.78 is 23.1. The Labute approximate surface area is 217 Å². The van der Waals surface area contributed by atoms with Crippen LogP contribution >= 0.6 is 15.9 Å². The van der Waals surface area contributed by atoms with Crippen LogP contribution in [0.2, 0.25) is 0 Å². The summed E-state index contributed by atoms with van der Waals surface area (Å²) in [6.07, 6.45) is -0.587. The van der Waals surface area contributed by atoms with Crippen molar-refractivity contribution in [2.75, 3.05) is 31.8 Å². The van der Waals surface area contributed by atoms with Crippen molar-refractivity contribution in [1.82, 2.24) is 0 Å². The number of nitrogens with zero attached hydrogens (tertiary/aromatic N) is 1. The predicted octanol–water partition coefficient (Wildman–Crippen LogP) is 6.61. The Morgan fingerprint density at radius 3 is 2.44 bits per heavy atom. The van der Waals surface area contributed by atoms with Crippen molar-refractivity contribution in [1.29, 1.82) is 0 Å². The largest absolute Gasteiger partial charge is 0.489 e. The molecule has 4 rings (SSSR count). The summed E-state index contributed by atoms with van der Waals surface area (Å²) >= 11 is 3.47. The number of rotatable bonds is 10. The second-order valence-electron chi connectivity index (χ2n) is 7.89. The molecule has 8 heteroatoms. The van der Waals surface area contributed by atoms with Gasteiger partial charge in [-0.25, -0.2) is 4.79 Å². The first-order valence-electron chi connectivity index (χ1n) is 11.5. The van der Waals surface area contributed by atoms with E-state index < -0.39 is 6.09 Å². The number of hydrogen-bond acceptors (Lipinski definition) is 6. The Bertz CT molecular complexity index is 1330. The molecule has 36 heavy (non-hydrogen) atoms. The van der Waals surface area contributed by atoms with Crippen molar-refractivity contribution in [2.45, 2.75) is 13.5 Å². The average molecular weight is 552 g/mol. The van der Waals surface area contributed by atoms with Crippen molar-refractivity contribution in [2.24, 2.45) is 0 Å². The predicted molar refractivity (Wildman–Crippen MR) is 141 cm³/mol. The van der Waals surface area contributed by atoms with Gasteiger partial charge in [-0.2, -0.15) is 0 Å². The van der Waals surface area contributed by atoms with E-state index in [9.17, 15) is 9.59 Å².